The number of hydrogen-bond acceptors (Lipinski definition) is 6. The van der Waals surface area contributed by atoms with Gasteiger partial charge in [-0.15, -0.1) is 21.5 Å². The first-order valence-corrected chi connectivity index (χ1v) is 11.7. The molecule has 0 aliphatic heterocycles. The molecule has 0 unspecified atom stereocenters. The maximum Gasteiger partial charge on any atom is 0.258 e. The Balaban J connectivity index is 1.47. The molecule has 31 heavy (non-hydrogen) atoms. The Hall–Kier alpha value is -2.94. The van der Waals surface area contributed by atoms with Crippen LogP contribution in [0.3, 0.4) is 0 Å². The van der Waals surface area contributed by atoms with Crippen molar-refractivity contribution in [1.29, 1.82) is 0 Å². The molecule has 0 saturated carbocycles. The quantitative estimate of drug-likeness (QED) is 0.347. The van der Waals surface area contributed by atoms with E-state index in [0.717, 1.165) is 21.4 Å². The minimum Gasteiger partial charge on any atom is -0.309 e. The van der Waals surface area contributed by atoms with E-state index in [0.29, 0.717) is 34.0 Å². The lowest BCUT2D eigenvalue weighted by molar-refractivity contribution is 0.715. The summed E-state index contributed by atoms with van der Waals surface area (Å²) in [4.78, 5) is 20.9. The topological polar surface area (TPSA) is 76.5 Å². The fourth-order valence-corrected chi connectivity index (χ4v) is 4.95. The molecule has 3 heterocycles. The molecule has 0 amide bonds. The van der Waals surface area contributed by atoms with Crippen molar-refractivity contribution in [1.82, 2.24) is 24.7 Å². The number of thiophene rings is 1. The van der Waals surface area contributed by atoms with Crippen molar-refractivity contribution in [2.24, 2.45) is 0 Å². The van der Waals surface area contributed by atoms with E-state index >= 15 is 0 Å². The Kier molecular flexibility index (Phi) is 5.59. The van der Waals surface area contributed by atoms with E-state index in [2.05, 4.69) is 36.9 Å². The zero-order valence-corrected chi connectivity index (χ0v) is 18.5. The number of aromatic nitrogens is 5. The Morgan fingerprint density at radius 3 is 2.74 bits per heavy atom. The minimum atomic E-state index is -0.178. The molecule has 0 aliphatic rings. The second kappa shape index (κ2) is 8.66. The molecule has 3 aromatic heterocycles. The molecule has 0 radical (unpaired) electrons. The largest absolute Gasteiger partial charge is 0.309 e. The molecule has 9 heteroatoms. The molecular formula is C22H16ClN5OS2. The fraction of sp³-hybridized carbons (Fsp3) is 0.0909. The molecule has 154 valence electrons. The number of halogens is 1. The fourth-order valence-electron chi connectivity index (χ4n) is 3.25. The van der Waals surface area contributed by atoms with Crippen LogP contribution in [0.25, 0.3) is 21.6 Å². The molecule has 6 nitrogen and oxygen atoms in total. The van der Waals surface area contributed by atoms with E-state index in [1.165, 1.54) is 11.8 Å². The second-order valence-electron chi connectivity index (χ2n) is 6.82. The molecule has 0 atom stereocenters. The van der Waals surface area contributed by atoms with Gasteiger partial charge in [0.2, 0.25) is 0 Å². The van der Waals surface area contributed by atoms with E-state index in [9.17, 15) is 4.79 Å². The third-order valence-electron chi connectivity index (χ3n) is 4.70. The van der Waals surface area contributed by atoms with Gasteiger partial charge >= 0.3 is 0 Å². The van der Waals surface area contributed by atoms with Gasteiger partial charge in [0.05, 0.1) is 28.1 Å². The average Bonchev–Trinajstić information content (AvgIpc) is 3.43. The summed E-state index contributed by atoms with van der Waals surface area (Å²) in [5, 5.41) is 12.7. The van der Waals surface area contributed by atoms with Gasteiger partial charge in [0, 0.05) is 5.02 Å². The van der Waals surface area contributed by atoms with E-state index in [1.807, 2.05) is 35.7 Å². The number of thioether (sulfide) groups is 1. The molecule has 1 N–H and O–H groups in total. The van der Waals surface area contributed by atoms with Crippen molar-refractivity contribution < 1.29 is 0 Å². The van der Waals surface area contributed by atoms with Crippen LogP contribution in [-0.4, -0.2) is 24.7 Å². The lowest BCUT2D eigenvalue weighted by Gasteiger charge is -2.10. The Morgan fingerprint density at radius 1 is 1.06 bits per heavy atom. The number of hydrogen-bond donors (Lipinski definition) is 1. The highest BCUT2D eigenvalue weighted by molar-refractivity contribution is 7.98. The summed E-state index contributed by atoms with van der Waals surface area (Å²) < 4.78 is 2.10. The summed E-state index contributed by atoms with van der Waals surface area (Å²) in [5.41, 5.74) is 1.56. The van der Waals surface area contributed by atoms with Crippen LogP contribution in [-0.2, 0) is 12.3 Å². The standard InChI is InChI=1S/C22H16ClN5OS2/c23-15-8-9-16-17(11-15)24-19(25-21(16)29)13-31-22-27-26-20(18-7-4-10-30-18)28(22)12-14-5-2-1-3-6-14/h1-11H,12-13H2,(H,24,25,29). The molecule has 0 saturated heterocycles. The van der Waals surface area contributed by atoms with Gasteiger partial charge in [0.15, 0.2) is 11.0 Å². The van der Waals surface area contributed by atoms with Gasteiger partial charge in [0.1, 0.15) is 5.82 Å². The number of aromatic amines is 1. The second-order valence-corrected chi connectivity index (χ2v) is 9.14. The van der Waals surface area contributed by atoms with Gasteiger partial charge in [-0.2, -0.15) is 0 Å². The van der Waals surface area contributed by atoms with Gasteiger partial charge in [-0.3, -0.25) is 9.36 Å². The number of nitrogens with one attached hydrogen (secondary N) is 1. The van der Waals surface area contributed by atoms with Gasteiger partial charge in [-0.25, -0.2) is 4.98 Å². The first-order chi connectivity index (χ1) is 15.2. The molecule has 5 aromatic rings. The summed E-state index contributed by atoms with van der Waals surface area (Å²) >= 11 is 9.18. The SMILES string of the molecule is O=c1[nH]c(CSc2nnc(-c3cccs3)n2Cc2ccccc2)nc2cc(Cl)ccc12. The van der Waals surface area contributed by atoms with Crippen molar-refractivity contribution in [2.45, 2.75) is 17.5 Å². The molecule has 0 fully saturated rings. The van der Waals surface area contributed by atoms with Gasteiger partial charge in [0.25, 0.3) is 5.56 Å². The highest BCUT2D eigenvalue weighted by Crippen LogP contribution is 2.29. The van der Waals surface area contributed by atoms with Crippen LogP contribution in [0.1, 0.15) is 11.4 Å². The number of H-pyrrole nitrogens is 1. The van der Waals surface area contributed by atoms with Gasteiger partial charge in [-0.05, 0) is 35.2 Å². The predicted octanol–water partition coefficient (Wildman–Crippen LogP) is 5.24. The number of nitrogens with zero attached hydrogens (tertiary/aromatic N) is 4. The molecule has 5 rings (SSSR count). The third-order valence-corrected chi connectivity index (χ3v) is 6.78. The Bertz CT molecular complexity index is 1400. The molecule has 0 spiro atoms. The van der Waals surface area contributed by atoms with Crippen LogP contribution in [0.15, 0.2) is 76.0 Å². The van der Waals surface area contributed by atoms with Gasteiger partial charge in [-0.1, -0.05) is 59.8 Å². The Morgan fingerprint density at radius 2 is 1.94 bits per heavy atom. The number of fused-ring (bicyclic) bond motifs is 1. The molecular weight excluding hydrogens is 450 g/mol. The maximum absolute atomic E-state index is 12.4. The third kappa shape index (κ3) is 4.27. The minimum absolute atomic E-state index is 0.178. The number of rotatable bonds is 6. The van der Waals surface area contributed by atoms with E-state index in [4.69, 9.17) is 11.6 Å². The summed E-state index contributed by atoms with van der Waals surface area (Å²) in [6.07, 6.45) is 0. The van der Waals surface area contributed by atoms with Crippen molar-refractivity contribution in [3.63, 3.8) is 0 Å². The molecule has 0 bridgehead atoms. The number of benzene rings is 2. The summed E-state index contributed by atoms with van der Waals surface area (Å²) in [5.74, 6) is 1.85. The van der Waals surface area contributed by atoms with Crippen LogP contribution in [0, 0.1) is 0 Å². The lowest BCUT2D eigenvalue weighted by Crippen LogP contribution is -2.11. The summed E-state index contributed by atoms with van der Waals surface area (Å²) in [6, 6.07) is 19.3. The van der Waals surface area contributed by atoms with Crippen LogP contribution >= 0.6 is 34.7 Å². The normalized spacial score (nSPS) is 11.3. The van der Waals surface area contributed by atoms with Crippen LogP contribution in [0.2, 0.25) is 5.02 Å². The predicted molar refractivity (Wildman–Crippen MR) is 126 cm³/mol. The zero-order valence-electron chi connectivity index (χ0n) is 16.2. The van der Waals surface area contributed by atoms with E-state index < -0.39 is 0 Å². The van der Waals surface area contributed by atoms with Crippen LogP contribution < -0.4 is 5.56 Å². The summed E-state index contributed by atoms with van der Waals surface area (Å²) in [7, 11) is 0. The zero-order chi connectivity index (χ0) is 21.2. The van der Waals surface area contributed by atoms with E-state index in [-0.39, 0.29) is 5.56 Å². The summed E-state index contributed by atoms with van der Waals surface area (Å²) in [6.45, 7) is 0.653. The highest BCUT2D eigenvalue weighted by Gasteiger charge is 2.16. The monoisotopic (exact) mass is 465 g/mol. The highest BCUT2D eigenvalue weighted by atomic mass is 35.5. The van der Waals surface area contributed by atoms with Crippen molar-refractivity contribution in [3.8, 4) is 10.7 Å². The van der Waals surface area contributed by atoms with Gasteiger partial charge < -0.3 is 4.98 Å². The molecule has 0 aliphatic carbocycles. The van der Waals surface area contributed by atoms with Crippen molar-refractivity contribution in [2.75, 3.05) is 0 Å². The van der Waals surface area contributed by atoms with Crippen LogP contribution in [0.5, 0.6) is 0 Å². The first kappa shape index (κ1) is 20.0. The smallest absolute Gasteiger partial charge is 0.258 e. The van der Waals surface area contributed by atoms with Crippen molar-refractivity contribution in [3.05, 3.63) is 92.8 Å². The molecule has 2 aromatic carbocycles. The van der Waals surface area contributed by atoms with Crippen LogP contribution in [0.4, 0.5) is 0 Å². The lowest BCUT2D eigenvalue weighted by atomic mass is 10.2. The average molecular weight is 466 g/mol. The Labute approximate surface area is 191 Å². The maximum atomic E-state index is 12.4. The first-order valence-electron chi connectivity index (χ1n) is 9.49. The van der Waals surface area contributed by atoms with E-state index in [1.54, 1.807) is 29.5 Å². The van der Waals surface area contributed by atoms with Crippen molar-refractivity contribution >= 4 is 45.6 Å².